The molecule has 0 fully saturated rings. The number of nitrogens with one attached hydrogen (secondary N) is 1. The third kappa shape index (κ3) is 3.76. The van der Waals surface area contributed by atoms with Gasteiger partial charge < -0.3 is 18.6 Å². The summed E-state index contributed by atoms with van der Waals surface area (Å²) in [5, 5.41) is 1.69. The number of hydrogen-bond donors (Lipinski definition) is 1. The molecular formula is C23H21NO7S. The number of rotatable bonds is 7. The highest BCUT2D eigenvalue weighted by Crippen LogP contribution is 2.38. The zero-order chi connectivity index (χ0) is 22.9. The summed E-state index contributed by atoms with van der Waals surface area (Å²) in [6.07, 6.45) is 0. The van der Waals surface area contributed by atoms with Crippen LogP contribution in [0.4, 0.5) is 5.69 Å². The van der Waals surface area contributed by atoms with E-state index >= 15 is 0 Å². The van der Waals surface area contributed by atoms with Crippen LogP contribution in [0.3, 0.4) is 0 Å². The van der Waals surface area contributed by atoms with E-state index in [9.17, 15) is 13.2 Å². The molecule has 0 spiro atoms. The van der Waals surface area contributed by atoms with Gasteiger partial charge in [-0.3, -0.25) is 4.72 Å². The van der Waals surface area contributed by atoms with E-state index in [1.165, 1.54) is 33.5 Å². The van der Waals surface area contributed by atoms with Crippen molar-refractivity contribution in [3.63, 3.8) is 0 Å². The molecule has 0 saturated carbocycles. The van der Waals surface area contributed by atoms with E-state index in [4.69, 9.17) is 18.6 Å². The van der Waals surface area contributed by atoms with Crippen LogP contribution in [-0.2, 0) is 26.1 Å². The van der Waals surface area contributed by atoms with Gasteiger partial charge in [0, 0.05) is 23.3 Å². The summed E-state index contributed by atoms with van der Waals surface area (Å²) >= 11 is 0. The van der Waals surface area contributed by atoms with Crippen molar-refractivity contribution in [3.8, 4) is 5.75 Å². The van der Waals surface area contributed by atoms with Gasteiger partial charge in [0.15, 0.2) is 0 Å². The summed E-state index contributed by atoms with van der Waals surface area (Å²) in [5.74, 6) is 0.243. The Bertz CT molecular complexity index is 1410. The minimum Gasteiger partial charge on any atom is -0.497 e. The van der Waals surface area contributed by atoms with Crippen molar-refractivity contribution in [1.82, 2.24) is 0 Å². The Kier molecular flexibility index (Phi) is 5.77. The van der Waals surface area contributed by atoms with Gasteiger partial charge in [0.05, 0.1) is 24.8 Å². The second kappa shape index (κ2) is 8.52. The molecule has 3 aromatic carbocycles. The quantitative estimate of drug-likeness (QED) is 0.414. The van der Waals surface area contributed by atoms with Gasteiger partial charge in [-0.2, -0.15) is 0 Å². The van der Waals surface area contributed by atoms with E-state index in [0.717, 1.165) is 0 Å². The first kappa shape index (κ1) is 21.7. The molecule has 1 N–H and O–H groups in total. The summed E-state index contributed by atoms with van der Waals surface area (Å²) in [4.78, 5) is 12.6. The standard InChI is InChI=1S/C23H21NO7S/c1-28-13-20-21(23(25)30-3)18-12-19(16-6-4-5-7-17(16)22(18)31-20)24-32(26,27)15-10-8-14(29-2)9-11-15/h4-12,24H,13H2,1-3H3. The SMILES string of the molecule is COCc1oc2c(cc(NS(=O)(=O)c3ccc(OC)cc3)c3ccccc32)c1C(=O)OC. The molecule has 8 nitrogen and oxygen atoms in total. The number of hydrogen-bond acceptors (Lipinski definition) is 7. The van der Waals surface area contributed by atoms with Crippen molar-refractivity contribution in [2.45, 2.75) is 11.5 Å². The van der Waals surface area contributed by atoms with Crippen LogP contribution in [0.5, 0.6) is 5.75 Å². The van der Waals surface area contributed by atoms with Crippen LogP contribution in [0.2, 0.25) is 0 Å². The Morgan fingerprint density at radius 1 is 0.969 bits per heavy atom. The molecule has 32 heavy (non-hydrogen) atoms. The Morgan fingerprint density at radius 3 is 2.28 bits per heavy atom. The zero-order valence-corrected chi connectivity index (χ0v) is 18.5. The van der Waals surface area contributed by atoms with Crippen LogP contribution in [0.15, 0.2) is 63.9 Å². The summed E-state index contributed by atoms with van der Waals surface area (Å²) in [5.41, 5.74) is 0.944. The summed E-state index contributed by atoms with van der Waals surface area (Å²) < 4.78 is 49.9. The van der Waals surface area contributed by atoms with Crippen molar-refractivity contribution >= 4 is 43.4 Å². The van der Waals surface area contributed by atoms with E-state index < -0.39 is 16.0 Å². The van der Waals surface area contributed by atoms with E-state index in [1.54, 1.807) is 42.5 Å². The van der Waals surface area contributed by atoms with E-state index in [1.807, 2.05) is 0 Å². The maximum Gasteiger partial charge on any atom is 0.342 e. The number of sulfonamides is 1. The van der Waals surface area contributed by atoms with E-state index in [-0.39, 0.29) is 17.1 Å². The maximum absolute atomic E-state index is 13.1. The number of fused-ring (bicyclic) bond motifs is 3. The minimum atomic E-state index is -3.92. The fourth-order valence-electron chi connectivity index (χ4n) is 3.57. The second-order valence-corrected chi connectivity index (χ2v) is 8.63. The van der Waals surface area contributed by atoms with Gasteiger partial charge >= 0.3 is 5.97 Å². The number of anilines is 1. The van der Waals surface area contributed by atoms with Crippen LogP contribution in [0, 0.1) is 0 Å². The largest absolute Gasteiger partial charge is 0.497 e. The number of carbonyl (C=O) groups is 1. The zero-order valence-electron chi connectivity index (χ0n) is 17.7. The fraction of sp³-hybridized carbons (Fsp3) is 0.174. The third-order valence-electron chi connectivity index (χ3n) is 5.05. The average Bonchev–Trinajstić information content (AvgIpc) is 3.17. The summed E-state index contributed by atoms with van der Waals surface area (Å²) in [7, 11) is 0.344. The molecule has 1 aromatic heterocycles. The molecule has 0 saturated heterocycles. The van der Waals surface area contributed by atoms with Gasteiger partial charge in [-0.05, 0) is 30.3 Å². The highest BCUT2D eigenvalue weighted by atomic mass is 32.2. The molecule has 0 radical (unpaired) electrons. The van der Waals surface area contributed by atoms with Crippen molar-refractivity contribution in [1.29, 1.82) is 0 Å². The van der Waals surface area contributed by atoms with Gasteiger partial charge in [0.25, 0.3) is 10.0 Å². The number of carbonyl (C=O) groups excluding carboxylic acids is 1. The summed E-state index contributed by atoms with van der Waals surface area (Å²) in [6, 6.07) is 14.8. The molecule has 166 valence electrons. The first-order valence-electron chi connectivity index (χ1n) is 9.61. The monoisotopic (exact) mass is 455 g/mol. The van der Waals surface area contributed by atoms with E-state index in [0.29, 0.717) is 38.9 Å². The third-order valence-corrected chi connectivity index (χ3v) is 6.43. The van der Waals surface area contributed by atoms with Gasteiger partial charge in [0.1, 0.15) is 29.3 Å². The van der Waals surface area contributed by atoms with Crippen molar-refractivity contribution in [2.24, 2.45) is 0 Å². The van der Waals surface area contributed by atoms with Gasteiger partial charge in [-0.1, -0.05) is 24.3 Å². The number of ether oxygens (including phenoxy) is 3. The Morgan fingerprint density at radius 2 is 1.66 bits per heavy atom. The number of methoxy groups -OCH3 is 3. The molecule has 0 amide bonds. The highest BCUT2D eigenvalue weighted by molar-refractivity contribution is 7.92. The van der Waals surface area contributed by atoms with Crippen LogP contribution >= 0.6 is 0 Å². The lowest BCUT2D eigenvalue weighted by Gasteiger charge is -2.12. The molecule has 4 aromatic rings. The van der Waals surface area contributed by atoms with Crippen molar-refractivity contribution < 1.29 is 31.8 Å². The molecular weight excluding hydrogens is 434 g/mol. The normalized spacial score (nSPS) is 11.6. The number of esters is 1. The molecule has 0 aliphatic carbocycles. The molecule has 0 aliphatic heterocycles. The van der Waals surface area contributed by atoms with E-state index in [2.05, 4.69) is 4.72 Å². The van der Waals surface area contributed by atoms with Crippen LogP contribution in [-0.4, -0.2) is 35.7 Å². The fourth-order valence-corrected chi connectivity index (χ4v) is 4.64. The molecule has 0 unspecified atom stereocenters. The lowest BCUT2D eigenvalue weighted by molar-refractivity contribution is 0.0594. The highest BCUT2D eigenvalue weighted by Gasteiger charge is 2.25. The lowest BCUT2D eigenvalue weighted by atomic mass is 10.0. The molecule has 1 heterocycles. The average molecular weight is 455 g/mol. The minimum absolute atomic E-state index is 0.0559. The Hall–Kier alpha value is -3.56. The second-order valence-electron chi connectivity index (χ2n) is 6.95. The lowest BCUT2D eigenvalue weighted by Crippen LogP contribution is -2.13. The van der Waals surface area contributed by atoms with Crippen LogP contribution in [0.25, 0.3) is 21.7 Å². The van der Waals surface area contributed by atoms with Gasteiger partial charge in [-0.25, -0.2) is 13.2 Å². The number of benzene rings is 3. The Labute approximate surface area is 184 Å². The number of furan rings is 1. The topological polar surface area (TPSA) is 104 Å². The first-order chi connectivity index (χ1) is 15.4. The van der Waals surface area contributed by atoms with Crippen LogP contribution < -0.4 is 9.46 Å². The van der Waals surface area contributed by atoms with Gasteiger partial charge in [-0.15, -0.1) is 0 Å². The predicted octanol–water partition coefficient (Wildman–Crippen LogP) is 4.33. The predicted molar refractivity (Wildman–Crippen MR) is 120 cm³/mol. The van der Waals surface area contributed by atoms with Crippen LogP contribution in [0.1, 0.15) is 16.1 Å². The molecule has 4 rings (SSSR count). The maximum atomic E-state index is 13.1. The van der Waals surface area contributed by atoms with Gasteiger partial charge in [0.2, 0.25) is 0 Å². The molecule has 0 atom stereocenters. The Balaban J connectivity index is 1.92. The van der Waals surface area contributed by atoms with Crippen molar-refractivity contribution in [3.05, 3.63) is 65.9 Å². The molecule has 0 aliphatic rings. The molecule has 0 bridgehead atoms. The molecule has 9 heteroatoms. The first-order valence-corrected chi connectivity index (χ1v) is 11.1. The van der Waals surface area contributed by atoms with Crippen molar-refractivity contribution in [2.75, 3.05) is 26.1 Å². The smallest absolute Gasteiger partial charge is 0.342 e. The summed E-state index contributed by atoms with van der Waals surface area (Å²) in [6.45, 7) is 0.0559.